The highest BCUT2D eigenvalue weighted by atomic mass is 19.3. The Morgan fingerprint density at radius 1 is 0.509 bits per heavy atom. The number of ether oxygens (including phenoxy) is 1. The molecule has 5 nitrogen and oxygen atoms in total. The molecule has 0 aliphatic heterocycles. The summed E-state index contributed by atoms with van der Waals surface area (Å²) < 4.78 is 43.5. The molecular weight excluding hydrogens is 694 g/mol. The summed E-state index contributed by atoms with van der Waals surface area (Å²) in [5, 5.41) is 0. The standard InChI is InChI=1S/C11H17NO.C10H13F2N.C9H11F.C9H13N.C8H11N/c1-8(2)10-5-6-11(12-7-10)13-9(3)4;1-7(2)8-4-5-13-9(6-8)10(3,11)12;1-7(2)8-3-5-9(10)6-4-8;1-7(2)9-4-5-10-8(3)6-9;1-7(2)8-3-5-9-6-4-8/h5-9H,1-4H3;4-7H,1-3H3;3-7H,1-2H3;4-7H,1-3H3;3-7H,1-2H3. The van der Waals surface area contributed by atoms with Gasteiger partial charge in [0.05, 0.1) is 6.10 Å². The van der Waals surface area contributed by atoms with Crippen LogP contribution in [0.2, 0.25) is 0 Å². The number of aryl methyl sites for hydroxylation is 1. The zero-order valence-corrected chi connectivity index (χ0v) is 35.6. The van der Waals surface area contributed by atoms with Gasteiger partial charge in [-0.25, -0.2) is 9.37 Å². The molecule has 0 saturated carbocycles. The van der Waals surface area contributed by atoms with Gasteiger partial charge < -0.3 is 4.74 Å². The van der Waals surface area contributed by atoms with E-state index in [1.54, 1.807) is 6.07 Å². The first-order valence-corrected chi connectivity index (χ1v) is 19.3. The molecule has 0 fully saturated rings. The molecule has 55 heavy (non-hydrogen) atoms. The minimum absolute atomic E-state index is 0.154. The fourth-order valence-electron chi connectivity index (χ4n) is 4.61. The number of alkyl halides is 2. The third-order valence-electron chi connectivity index (χ3n) is 8.18. The van der Waals surface area contributed by atoms with E-state index in [1.165, 1.54) is 46.6 Å². The highest BCUT2D eigenvalue weighted by Gasteiger charge is 2.26. The molecule has 0 unspecified atom stereocenters. The molecule has 1 aromatic carbocycles. The largest absolute Gasteiger partial charge is 0.475 e. The van der Waals surface area contributed by atoms with Crippen LogP contribution < -0.4 is 4.74 Å². The Morgan fingerprint density at radius 2 is 0.945 bits per heavy atom. The molecule has 4 aromatic heterocycles. The van der Waals surface area contributed by atoms with Gasteiger partial charge in [-0.05, 0) is 127 Å². The van der Waals surface area contributed by atoms with Crippen LogP contribution in [-0.2, 0) is 5.92 Å². The first kappa shape index (κ1) is 48.4. The lowest BCUT2D eigenvalue weighted by Gasteiger charge is -2.12. The molecular formula is C47H65F3N4O. The van der Waals surface area contributed by atoms with Crippen molar-refractivity contribution in [3.63, 3.8) is 0 Å². The summed E-state index contributed by atoms with van der Waals surface area (Å²) in [5.74, 6) is 0.203. The number of benzene rings is 1. The van der Waals surface area contributed by atoms with E-state index in [1.807, 2.05) is 89.7 Å². The highest BCUT2D eigenvalue weighted by molar-refractivity contribution is 5.23. The lowest BCUT2D eigenvalue weighted by Crippen LogP contribution is -2.10. The van der Waals surface area contributed by atoms with Crippen molar-refractivity contribution in [3.05, 3.63) is 149 Å². The number of pyridine rings is 4. The number of halogens is 3. The van der Waals surface area contributed by atoms with Gasteiger partial charge in [-0.2, -0.15) is 8.78 Å². The maximum Gasteiger partial charge on any atom is 0.286 e. The van der Waals surface area contributed by atoms with E-state index in [2.05, 4.69) is 93.5 Å². The van der Waals surface area contributed by atoms with Crippen molar-refractivity contribution < 1.29 is 17.9 Å². The van der Waals surface area contributed by atoms with Crippen LogP contribution in [-0.4, -0.2) is 26.0 Å². The molecule has 4 heterocycles. The van der Waals surface area contributed by atoms with Crippen molar-refractivity contribution in [1.82, 2.24) is 19.9 Å². The third-order valence-corrected chi connectivity index (χ3v) is 8.18. The van der Waals surface area contributed by atoms with Crippen molar-refractivity contribution in [3.8, 4) is 5.88 Å². The zero-order valence-electron chi connectivity index (χ0n) is 35.6. The number of nitrogens with zero attached hydrogens (tertiary/aromatic N) is 4. The topological polar surface area (TPSA) is 60.8 Å². The predicted molar refractivity (Wildman–Crippen MR) is 224 cm³/mol. The summed E-state index contributed by atoms with van der Waals surface area (Å²) in [6, 6.07) is 22.1. The van der Waals surface area contributed by atoms with E-state index in [-0.39, 0.29) is 23.5 Å². The third kappa shape index (κ3) is 20.6. The fourth-order valence-corrected chi connectivity index (χ4v) is 4.61. The molecule has 0 amide bonds. The molecule has 0 aliphatic rings. The minimum Gasteiger partial charge on any atom is -0.475 e. The van der Waals surface area contributed by atoms with Gasteiger partial charge in [0.2, 0.25) is 5.88 Å². The van der Waals surface area contributed by atoms with Gasteiger partial charge in [-0.1, -0.05) is 87.4 Å². The highest BCUT2D eigenvalue weighted by Crippen LogP contribution is 2.27. The van der Waals surface area contributed by atoms with Crippen molar-refractivity contribution in [1.29, 1.82) is 0 Å². The molecule has 0 saturated heterocycles. The molecule has 0 radical (unpaired) electrons. The molecule has 8 heteroatoms. The normalized spacial score (nSPS) is 10.9. The lowest BCUT2D eigenvalue weighted by atomic mass is 10.0. The molecule has 0 spiro atoms. The number of rotatable bonds is 8. The average Bonchev–Trinajstić information content (AvgIpc) is 3.13. The Morgan fingerprint density at radius 3 is 1.33 bits per heavy atom. The minimum atomic E-state index is -2.84. The van der Waals surface area contributed by atoms with Gasteiger partial charge in [0.15, 0.2) is 0 Å². The van der Waals surface area contributed by atoms with Crippen LogP contribution in [0.3, 0.4) is 0 Å². The van der Waals surface area contributed by atoms with E-state index in [9.17, 15) is 13.2 Å². The number of hydrogen-bond donors (Lipinski definition) is 0. The van der Waals surface area contributed by atoms with E-state index in [0.717, 1.165) is 18.2 Å². The Hall–Kier alpha value is -4.59. The second kappa shape index (κ2) is 24.7. The maximum absolute atomic E-state index is 12.8. The zero-order chi connectivity index (χ0) is 41.7. The van der Waals surface area contributed by atoms with Crippen LogP contribution in [0.15, 0.2) is 104 Å². The van der Waals surface area contributed by atoms with E-state index in [0.29, 0.717) is 29.6 Å². The van der Waals surface area contributed by atoms with E-state index >= 15 is 0 Å². The van der Waals surface area contributed by atoms with Crippen LogP contribution in [0.25, 0.3) is 0 Å². The van der Waals surface area contributed by atoms with Crippen LogP contribution in [0.1, 0.15) is 159 Å². The second-order valence-corrected chi connectivity index (χ2v) is 15.3. The Kier molecular flexibility index (Phi) is 21.8. The monoisotopic (exact) mass is 759 g/mol. The molecule has 5 rings (SSSR count). The van der Waals surface area contributed by atoms with Gasteiger partial charge in [0, 0.05) is 49.7 Å². The van der Waals surface area contributed by atoms with Crippen molar-refractivity contribution in [2.45, 2.75) is 139 Å². The van der Waals surface area contributed by atoms with Crippen LogP contribution in [0, 0.1) is 12.7 Å². The van der Waals surface area contributed by atoms with Gasteiger partial charge >= 0.3 is 0 Å². The van der Waals surface area contributed by atoms with Crippen molar-refractivity contribution in [2.24, 2.45) is 0 Å². The summed E-state index contributed by atoms with van der Waals surface area (Å²) in [7, 11) is 0. The average molecular weight is 759 g/mol. The van der Waals surface area contributed by atoms with Crippen LogP contribution in [0.4, 0.5) is 13.2 Å². The van der Waals surface area contributed by atoms with Gasteiger partial charge in [0.1, 0.15) is 11.5 Å². The predicted octanol–water partition coefficient (Wildman–Crippen LogP) is 14.0. The Labute approximate surface area is 330 Å². The quantitative estimate of drug-likeness (QED) is 0.158. The van der Waals surface area contributed by atoms with E-state index < -0.39 is 5.92 Å². The summed E-state index contributed by atoms with van der Waals surface area (Å²) in [6.45, 7) is 28.0. The van der Waals surface area contributed by atoms with Gasteiger partial charge in [-0.3, -0.25) is 15.0 Å². The Balaban J connectivity index is 0.000000346. The summed E-state index contributed by atoms with van der Waals surface area (Å²) in [6.07, 6.45) is 9.03. The van der Waals surface area contributed by atoms with Crippen LogP contribution in [0.5, 0.6) is 5.88 Å². The molecule has 0 atom stereocenters. The Bertz CT molecular complexity index is 1730. The summed E-state index contributed by atoms with van der Waals surface area (Å²) in [5.41, 5.74) is 6.99. The summed E-state index contributed by atoms with van der Waals surface area (Å²) >= 11 is 0. The maximum atomic E-state index is 12.8. The SMILES string of the molecule is CC(C)Oc1ccc(C(C)C)cn1.CC(C)c1ccc(F)cc1.CC(C)c1ccnc(C(C)(F)F)c1.CC(C)c1ccncc1.Cc1cc(C(C)C)ccn1. The van der Waals surface area contributed by atoms with Crippen LogP contribution >= 0.6 is 0 Å². The molecule has 300 valence electrons. The number of aromatic nitrogens is 4. The van der Waals surface area contributed by atoms with Crippen molar-refractivity contribution in [2.75, 3.05) is 0 Å². The van der Waals surface area contributed by atoms with Gasteiger partial charge in [0.25, 0.3) is 5.92 Å². The molecule has 0 bridgehead atoms. The number of hydrogen-bond acceptors (Lipinski definition) is 5. The molecule has 0 aliphatic carbocycles. The fraction of sp³-hybridized carbons (Fsp3) is 0.447. The lowest BCUT2D eigenvalue weighted by molar-refractivity contribution is 0.0126. The van der Waals surface area contributed by atoms with Crippen molar-refractivity contribution >= 4 is 0 Å². The molecule has 0 N–H and O–H groups in total. The van der Waals surface area contributed by atoms with Gasteiger partial charge in [-0.15, -0.1) is 0 Å². The smallest absolute Gasteiger partial charge is 0.286 e. The first-order chi connectivity index (χ1) is 25.7. The first-order valence-electron chi connectivity index (χ1n) is 19.3. The second-order valence-electron chi connectivity index (χ2n) is 15.3. The summed E-state index contributed by atoms with van der Waals surface area (Å²) in [4.78, 5) is 15.9. The van der Waals surface area contributed by atoms with E-state index in [4.69, 9.17) is 4.74 Å². The molecule has 5 aromatic rings.